The highest BCUT2D eigenvalue weighted by Crippen LogP contribution is 2.29. The number of ether oxygens (including phenoxy) is 1. The van der Waals surface area contributed by atoms with Crippen molar-refractivity contribution >= 4 is 33.2 Å². The fourth-order valence-electron chi connectivity index (χ4n) is 1.79. The minimum absolute atomic E-state index is 0.249. The van der Waals surface area contributed by atoms with Gasteiger partial charge in [0.15, 0.2) is 0 Å². The van der Waals surface area contributed by atoms with E-state index in [0.717, 1.165) is 10.2 Å². The molecule has 0 aliphatic heterocycles. The zero-order valence-electron chi connectivity index (χ0n) is 10.9. The summed E-state index contributed by atoms with van der Waals surface area (Å²) in [4.78, 5) is 0. The van der Waals surface area contributed by atoms with Crippen molar-refractivity contribution in [1.29, 1.82) is 0 Å². The molecule has 0 radical (unpaired) electrons. The second kappa shape index (κ2) is 6.95. The average molecular weight is 359 g/mol. The quantitative estimate of drug-likeness (QED) is 0.788. The minimum atomic E-state index is -0.249. The Kier molecular flexibility index (Phi) is 5.26. The van der Waals surface area contributed by atoms with Gasteiger partial charge in [0, 0.05) is 21.6 Å². The van der Waals surface area contributed by atoms with Gasteiger partial charge < -0.3 is 10.1 Å². The van der Waals surface area contributed by atoms with E-state index in [1.54, 1.807) is 30.3 Å². The Morgan fingerprint density at radius 3 is 2.80 bits per heavy atom. The van der Waals surface area contributed by atoms with Gasteiger partial charge in [0.1, 0.15) is 11.6 Å². The molecule has 1 N–H and O–H groups in total. The second-order valence-corrected chi connectivity index (χ2v) is 5.51. The zero-order valence-corrected chi connectivity index (χ0v) is 13.3. The molecule has 0 saturated carbocycles. The molecule has 0 amide bonds. The minimum Gasteiger partial charge on any atom is -0.492 e. The van der Waals surface area contributed by atoms with Crippen molar-refractivity contribution in [2.75, 3.05) is 11.9 Å². The molecular formula is C15H14BrClFNO. The number of anilines is 1. The maximum atomic E-state index is 13.7. The lowest BCUT2D eigenvalue weighted by Crippen LogP contribution is -2.04. The van der Waals surface area contributed by atoms with Gasteiger partial charge in [-0.05, 0) is 43.3 Å². The molecule has 0 fully saturated rings. The molecule has 2 aromatic rings. The Bertz CT molecular complexity index is 606. The molecule has 0 spiro atoms. The number of halogens is 3. The van der Waals surface area contributed by atoms with Gasteiger partial charge in [-0.1, -0.05) is 27.5 Å². The van der Waals surface area contributed by atoms with Crippen LogP contribution in [0, 0.1) is 5.82 Å². The Labute approximate surface area is 131 Å². The largest absolute Gasteiger partial charge is 0.492 e. The number of benzene rings is 2. The highest BCUT2D eigenvalue weighted by molar-refractivity contribution is 9.10. The van der Waals surface area contributed by atoms with E-state index < -0.39 is 0 Å². The molecule has 0 aliphatic carbocycles. The van der Waals surface area contributed by atoms with Gasteiger partial charge in [0.2, 0.25) is 0 Å². The van der Waals surface area contributed by atoms with E-state index >= 15 is 0 Å². The van der Waals surface area contributed by atoms with Gasteiger partial charge in [-0.2, -0.15) is 0 Å². The molecule has 2 aromatic carbocycles. The van der Waals surface area contributed by atoms with Crippen LogP contribution in [0.1, 0.15) is 12.5 Å². The first kappa shape index (κ1) is 15.1. The lowest BCUT2D eigenvalue weighted by atomic mass is 10.2. The van der Waals surface area contributed by atoms with E-state index in [1.807, 2.05) is 6.92 Å². The standard InChI is InChI=1S/C15H14BrClFNO/c1-2-20-15-6-4-12(17)8-14(15)19-9-10-7-11(16)3-5-13(10)18/h3-8,19H,2,9H2,1H3. The van der Waals surface area contributed by atoms with E-state index in [4.69, 9.17) is 16.3 Å². The van der Waals surface area contributed by atoms with Gasteiger partial charge in [-0.25, -0.2) is 4.39 Å². The summed E-state index contributed by atoms with van der Waals surface area (Å²) in [6, 6.07) is 10.2. The van der Waals surface area contributed by atoms with Crippen LogP contribution in [0.2, 0.25) is 5.02 Å². The Morgan fingerprint density at radius 1 is 1.25 bits per heavy atom. The molecule has 2 nitrogen and oxygen atoms in total. The number of rotatable bonds is 5. The molecule has 20 heavy (non-hydrogen) atoms. The molecule has 106 valence electrons. The third-order valence-electron chi connectivity index (χ3n) is 2.72. The van der Waals surface area contributed by atoms with Gasteiger partial charge >= 0.3 is 0 Å². The molecule has 0 aromatic heterocycles. The van der Waals surface area contributed by atoms with E-state index in [0.29, 0.717) is 29.5 Å². The van der Waals surface area contributed by atoms with Gasteiger partial charge in [0.05, 0.1) is 12.3 Å². The molecule has 0 unspecified atom stereocenters. The highest BCUT2D eigenvalue weighted by Gasteiger charge is 2.07. The van der Waals surface area contributed by atoms with Crippen LogP contribution >= 0.6 is 27.5 Å². The van der Waals surface area contributed by atoms with Crippen molar-refractivity contribution in [3.8, 4) is 5.75 Å². The summed E-state index contributed by atoms with van der Waals surface area (Å²) in [6.45, 7) is 2.82. The normalized spacial score (nSPS) is 10.4. The lowest BCUT2D eigenvalue weighted by Gasteiger charge is -2.13. The van der Waals surface area contributed by atoms with E-state index in [-0.39, 0.29) is 5.82 Å². The Hall–Kier alpha value is -1.26. The van der Waals surface area contributed by atoms with Crippen molar-refractivity contribution in [3.05, 3.63) is 57.3 Å². The molecule has 5 heteroatoms. The Morgan fingerprint density at radius 2 is 2.05 bits per heavy atom. The van der Waals surface area contributed by atoms with Crippen molar-refractivity contribution in [2.24, 2.45) is 0 Å². The fraction of sp³-hybridized carbons (Fsp3) is 0.200. The SMILES string of the molecule is CCOc1ccc(Cl)cc1NCc1cc(Br)ccc1F. The molecule has 0 saturated heterocycles. The smallest absolute Gasteiger partial charge is 0.142 e. The number of nitrogens with one attached hydrogen (secondary N) is 1. The molecule has 0 aliphatic rings. The molecule has 0 heterocycles. The van der Waals surface area contributed by atoms with Crippen molar-refractivity contribution in [1.82, 2.24) is 0 Å². The zero-order chi connectivity index (χ0) is 14.5. The summed E-state index contributed by atoms with van der Waals surface area (Å²) in [5.74, 6) is 0.452. The third-order valence-corrected chi connectivity index (χ3v) is 3.45. The number of hydrogen-bond donors (Lipinski definition) is 1. The van der Waals surface area contributed by atoms with Crippen LogP contribution in [-0.2, 0) is 6.54 Å². The summed E-state index contributed by atoms with van der Waals surface area (Å²) in [5.41, 5.74) is 1.32. The van der Waals surface area contributed by atoms with Crippen LogP contribution < -0.4 is 10.1 Å². The van der Waals surface area contributed by atoms with Crippen LogP contribution in [0.3, 0.4) is 0 Å². The van der Waals surface area contributed by atoms with Crippen molar-refractivity contribution < 1.29 is 9.13 Å². The summed E-state index contributed by atoms with van der Waals surface area (Å²) >= 11 is 9.31. The first-order valence-corrected chi connectivity index (χ1v) is 7.37. The molecule has 0 atom stereocenters. The van der Waals surface area contributed by atoms with E-state index in [9.17, 15) is 4.39 Å². The predicted octanol–water partition coefficient (Wildman–Crippen LogP) is 5.25. The fourth-order valence-corrected chi connectivity index (χ4v) is 2.37. The molecule has 0 bridgehead atoms. The van der Waals surface area contributed by atoms with Crippen LogP contribution in [0.4, 0.5) is 10.1 Å². The van der Waals surface area contributed by atoms with Gasteiger partial charge in [-0.3, -0.25) is 0 Å². The molecular weight excluding hydrogens is 345 g/mol. The third kappa shape index (κ3) is 3.87. The van der Waals surface area contributed by atoms with Crippen molar-refractivity contribution in [2.45, 2.75) is 13.5 Å². The lowest BCUT2D eigenvalue weighted by molar-refractivity contribution is 0.341. The first-order chi connectivity index (χ1) is 9.60. The van der Waals surface area contributed by atoms with Crippen LogP contribution in [0.15, 0.2) is 40.9 Å². The van der Waals surface area contributed by atoms with Crippen LogP contribution in [0.25, 0.3) is 0 Å². The average Bonchev–Trinajstić information content (AvgIpc) is 2.42. The van der Waals surface area contributed by atoms with Gasteiger partial charge in [-0.15, -0.1) is 0 Å². The highest BCUT2D eigenvalue weighted by atomic mass is 79.9. The summed E-state index contributed by atoms with van der Waals surface area (Å²) in [7, 11) is 0. The van der Waals surface area contributed by atoms with E-state index in [2.05, 4.69) is 21.2 Å². The maximum absolute atomic E-state index is 13.7. The van der Waals surface area contributed by atoms with Crippen molar-refractivity contribution in [3.63, 3.8) is 0 Å². The summed E-state index contributed by atoms with van der Waals surface area (Å²) < 4.78 is 20.0. The predicted molar refractivity (Wildman–Crippen MR) is 84.0 cm³/mol. The van der Waals surface area contributed by atoms with E-state index in [1.165, 1.54) is 6.07 Å². The molecule has 2 rings (SSSR count). The summed E-state index contributed by atoms with van der Waals surface area (Å²) in [6.07, 6.45) is 0. The summed E-state index contributed by atoms with van der Waals surface area (Å²) in [5, 5.41) is 3.76. The first-order valence-electron chi connectivity index (χ1n) is 6.20. The Balaban J connectivity index is 2.17. The maximum Gasteiger partial charge on any atom is 0.142 e. The topological polar surface area (TPSA) is 21.3 Å². The monoisotopic (exact) mass is 357 g/mol. The van der Waals surface area contributed by atoms with Gasteiger partial charge in [0.25, 0.3) is 0 Å². The van der Waals surface area contributed by atoms with Crippen LogP contribution in [0.5, 0.6) is 5.75 Å². The van der Waals surface area contributed by atoms with Crippen LogP contribution in [-0.4, -0.2) is 6.61 Å². The number of hydrogen-bond acceptors (Lipinski definition) is 2. The second-order valence-electron chi connectivity index (χ2n) is 4.16.